The van der Waals surface area contributed by atoms with Gasteiger partial charge in [0.25, 0.3) is 0 Å². The van der Waals surface area contributed by atoms with E-state index in [1.807, 2.05) is 0 Å². The summed E-state index contributed by atoms with van der Waals surface area (Å²) >= 11 is 0. The maximum atomic E-state index is 12.4. The summed E-state index contributed by atoms with van der Waals surface area (Å²) in [5.74, 6) is 1.87. The van der Waals surface area contributed by atoms with Gasteiger partial charge in [-0.2, -0.15) is 0 Å². The van der Waals surface area contributed by atoms with Crippen molar-refractivity contribution in [3.05, 3.63) is 41.5 Å². The van der Waals surface area contributed by atoms with Gasteiger partial charge in [-0.1, -0.05) is 25.1 Å². The van der Waals surface area contributed by atoms with Crippen molar-refractivity contribution in [3.8, 4) is 5.75 Å². The average molecular weight is 339 g/mol. The van der Waals surface area contributed by atoms with Crippen molar-refractivity contribution >= 4 is 24.9 Å². The number of benzene rings is 2. The molecule has 3 heteroatoms. The summed E-state index contributed by atoms with van der Waals surface area (Å²) in [5.41, 5.74) is 2.76. The van der Waals surface area contributed by atoms with Crippen LogP contribution in [0.4, 0.5) is 0 Å². The van der Waals surface area contributed by atoms with E-state index in [1.54, 1.807) is 0 Å². The van der Waals surface area contributed by atoms with Crippen molar-refractivity contribution in [2.75, 3.05) is 0 Å². The van der Waals surface area contributed by atoms with Crippen molar-refractivity contribution in [2.45, 2.75) is 58.2 Å². The number of rotatable bonds is 2. The van der Waals surface area contributed by atoms with E-state index in [1.165, 1.54) is 21.9 Å². The van der Waals surface area contributed by atoms with Crippen LogP contribution in [-0.2, 0) is 11.2 Å². The molecule has 1 saturated carbocycles. The maximum Gasteiger partial charge on any atom is 0.242 e. The third kappa shape index (κ3) is 2.41. The monoisotopic (exact) mass is 338 g/mol. The zero-order chi connectivity index (χ0) is 17.1. The van der Waals surface area contributed by atoms with Crippen molar-refractivity contribution in [1.82, 2.24) is 0 Å². The predicted octanol–water partition coefficient (Wildman–Crippen LogP) is 5.45. The zero-order valence-corrected chi connectivity index (χ0v) is 16.1. The Balaban J connectivity index is 1.79. The fourth-order valence-corrected chi connectivity index (χ4v) is 5.52. The third-order valence-electron chi connectivity index (χ3n) is 5.90. The first kappa shape index (κ1) is 15.9. The molecule has 126 valence electrons. The maximum absolute atomic E-state index is 12.4. The molecule has 0 bridgehead atoms. The van der Waals surface area contributed by atoms with Crippen LogP contribution in [0.25, 0.3) is 10.8 Å². The van der Waals surface area contributed by atoms with Gasteiger partial charge in [0.15, 0.2) is 0 Å². The molecule has 0 aliphatic heterocycles. The summed E-state index contributed by atoms with van der Waals surface area (Å²) in [6.07, 6.45) is 3.78. The Morgan fingerprint density at radius 2 is 1.92 bits per heavy atom. The van der Waals surface area contributed by atoms with Crippen LogP contribution in [-0.4, -0.2) is 14.1 Å². The van der Waals surface area contributed by atoms with E-state index < -0.39 is 8.32 Å². The summed E-state index contributed by atoms with van der Waals surface area (Å²) in [4.78, 5) is 12.4. The first-order chi connectivity index (χ1) is 11.3. The van der Waals surface area contributed by atoms with Crippen LogP contribution in [0.5, 0.6) is 5.75 Å². The second-order valence-corrected chi connectivity index (χ2v) is 13.1. The standard InChI is InChI=1S/C21H26O2Si/c1-21-12-11-17-16-8-6-15(23-24(2,3)4)13-14(16)5-7-18(17)19(21)9-10-20(21)22/h5-8,13,19H,9-12H2,1-4H3. The van der Waals surface area contributed by atoms with Gasteiger partial charge in [0, 0.05) is 11.8 Å². The Hall–Kier alpha value is -1.61. The van der Waals surface area contributed by atoms with Gasteiger partial charge in [-0.05, 0) is 78.9 Å². The van der Waals surface area contributed by atoms with E-state index in [-0.39, 0.29) is 5.41 Å². The largest absolute Gasteiger partial charge is 0.544 e. The van der Waals surface area contributed by atoms with Crippen LogP contribution in [0, 0.1) is 5.41 Å². The molecule has 0 N–H and O–H groups in total. The first-order valence-electron chi connectivity index (χ1n) is 9.06. The van der Waals surface area contributed by atoms with Gasteiger partial charge in [0.2, 0.25) is 8.32 Å². The lowest BCUT2D eigenvalue weighted by molar-refractivity contribution is -0.126. The van der Waals surface area contributed by atoms with Crippen LogP contribution < -0.4 is 4.43 Å². The van der Waals surface area contributed by atoms with Crippen molar-refractivity contribution < 1.29 is 9.22 Å². The van der Waals surface area contributed by atoms with E-state index >= 15 is 0 Å². The van der Waals surface area contributed by atoms with Crippen LogP contribution in [0.2, 0.25) is 19.6 Å². The predicted molar refractivity (Wildman–Crippen MR) is 101 cm³/mol. The summed E-state index contributed by atoms with van der Waals surface area (Å²) in [6, 6.07) is 11.0. The van der Waals surface area contributed by atoms with Crippen LogP contribution in [0.15, 0.2) is 30.3 Å². The van der Waals surface area contributed by atoms with Gasteiger partial charge >= 0.3 is 0 Å². The number of ketones is 1. The number of Topliss-reactive ketones (excluding diaryl/α,β-unsaturated/α-hetero) is 1. The zero-order valence-electron chi connectivity index (χ0n) is 15.1. The summed E-state index contributed by atoms with van der Waals surface area (Å²) in [5, 5.41) is 2.61. The molecule has 2 unspecified atom stereocenters. The minimum atomic E-state index is -1.59. The number of fused-ring (bicyclic) bond motifs is 5. The topological polar surface area (TPSA) is 26.3 Å². The number of hydrogen-bond donors (Lipinski definition) is 0. The molecule has 2 aliphatic carbocycles. The van der Waals surface area contributed by atoms with E-state index in [4.69, 9.17) is 4.43 Å². The minimum Gasteiger partial charge on any atom is -0.544 e. The number of carbonyl (C=O) groups is 1. The lowest BCUT2D eigenvalue weighted by Gasteiger charge is -2.37. The van der Waals surface area contributed by atoms with Crippen LogP contribution >= 0.6 is 0 Å². The smallest absolute Gasteiger partial charge is 0.242 e. The normalized spacial score (nSPS) is 26.3. The van der Waals surface area contributed by atoms with Crippen molar-refractivity contribution in [3.63, 3.8) is 0 Å². The third-order valence-corrected chi connectivity index (χ3v) is 6.75. The van der Waals surface area contributed by atoms with Crippen LogP contribution in [0.1, 0.15) is 43.2 Å². The number of carbonyl (C=O) groups excluding carboxylic acids is 1. The molecule has 4 rings (SSSR count). The molecule has 0 radical (unpaired) electrons. The molecule has 2 aliphatic rings. The molecular weight excluding hydrogens is 312 g/mol. The quantitative estimate of drug-likeness (QED) is 0.680. The van der Waals surface area contributed by atoms with E-state index in [0.29, 0.717) is 11.7 Å². The Bertz CT molecular complexity index is 834. The van der Waals surface area contributed by atoms with Gasteiger partial charge in [0.05, 0.1) is 0 Å². The molecule has 1 fully saturated rings. The van der Waals surface area contributed by atoms with Gasteiger partial charge in [-0.15, -0.1) is 0 Å². The molecule has 0 spiro atoms. The second kappa shape index (κ2) is 5.19. The Morgan fingerprint density at radius 1 is 1.12 bits per heavy atom. The fraction of sp³-hybridized carbons (Fsp3) is 0.476. The highest BCUT2D eigenvalue weighted by Gasteiger charge is 2.49. The Morgan fingerprint density at radius 3 is 2.67 bits per heavy atom. The molecule has 0 amide bonds. The highest BCUT2D eigenvalue weighted by atomic mass is 28.4. The highest BCUT2D eigenvalue weighted by molar-refractivity contribution is 6.70. The molecular formula is C21H26O2Si. The SMILES string of the molecule is CC12CCc3c(ccc4cc(O[Si](C)(C)C)ccc34)C1CCC2=O. The highest BCUT2D eigenvalue weighted by Crippen LogP contribution is 2.54. The molecule has 0 aromatic heterocycles. The first-order valence-corrected chi connectivity index (χ1v) is 12.5. The second-order valence-electron chi connectivity index (χ2n) is 8.66. The molecule has 0 saturated heterocycles. The number of hydrogen-bond acceptors (Lipinski definition) is 2. The number of aryl methyl sites for hydroxylation is 1. The minimum absolute atomic E-state index is 0.123. The van der Waals surface area contributed by atoms with Crippen molar-refractivity contribution in [1.29, 1.82) is 0 Å². The summed E-state index contributed by atoms with van der Waals surface area (Å²) in [6.45, 7) is 8.82. The van der Waals surface area contributed by atoms with Crippen molar-refractivity contribution in [2.24, 2.45) is 5.41 Å². The molecule has 2 nitrogen and oxygen atoms in total. The van der Waals surface area contributed by atoms with Gasteiger partial charge in [-0.3, -0.25) is 4.79 Å². The van der Waals surface area contributed by atoms with E-state index in [2.05, 4.69) is 56.9 Å². The molecule has 0 heterocycles. The summed E-state index contributed by atoms with van der Waals surface area (Å²) < 4.78 is 6.15. The lowest BCUT2D eigenvalue weighted by Crippen LogP contribution is -2.32. The lowest BCUT2D eigenvalue weighted by atomic mass is 9.66. The molecule has 2 aromatic carbocycles. The molecule has 2 aromatic rings. The van der Waals surface area contributed by atoms with Gasteiger partial charge in [-0.25, -0.2) is 0 Å². The molecule has 2 atom stereocenters. The van der Waals surface area contributed by atoms with Gasteiger partial charge in [0.1, 0.15) is 11.5 Å². The van der Waals surface area contributed by atoms with E-state index in [0.717, 1.165) is 31.4 Å². The average Bonchev–Trinajstić information content (AvgIpc) is 2.81. The molecule has 24 heavy (non-hydrogen) atoms. The Labute approximate surface area is 145 Å². The van der Waals surface area contributed by atoms with Gasteiger partial charge < -0.3 is 4.43 Å². The summed E-state index contributed by atoms with van der Waals surface area (Å²) in [7, 11) is -1.59. The Kier molecular flexibility index (Phi) is 3.44. The fourth-order valence-electron chi connectivity index (χ4n) is 4.68. The van der Waals surface area contributed by atoms with Crippen LogP contribution in [0.3, 0.4) is 0 Å². The van der Waals surface area contributed by atoms with E-state index in [9.17, 15) is 4.79 Å².